The van der Waals surface area contributed by atoms with Gasteiger partial charge in [0.25, 0.3) is 12.3 Å². The second kappa shape index (κ2) is 8.19. The van der Waals surface area contributed by atoms with Crippen LogP contribution in [0.2, 0.25) is 5.02 Å². The quantitative estimate of drug-likeness (QED) is 0.604. The lowest BCUT2D eigenvalue weighted by Gasteiger charge is -2.11. The van der Waals surface area contributed by atoms with E-state index in [0.717, 1.165) is 12.3 Å². The Labute approximate surface area is 170 Å². The summed E-state index contributed by atoms with van der Waals surface area (Å²) < 4.78 is 54.8. The third-order valence-electron chi connectivity index (χ3n) is 4.14. The zero-order chi connectivity index (χ0) is 21.3. The van der Waals surface area contributed by atoms with Crippen LogP contribution in [0.3, 0.4) is 0 Å². The van der Waals surface area contributed by atoms with Crippen molar-refractivity contribution in [1.82, 2.24) is 14.3 Å². The number of carbonyl (C=O) groups excluding carboxylic acids is 1. The first-order valence-corrected chi connectivity index (χ1v) is 10.3. The van der Waals surface area contributed by atoms with E-state index >= 15 is 0 Å². The summed E-state index contributed by atoms with van der Waals surface area (Å²) in [5.41, 5.74) is -0.365. The molecule has 8 nitrogen and oxygen atoms in total. The van der Waals surface area contributed by atoms with Crippen LogP contribution in [-0.2, 0) is 16.6 Å². The molecular weight excluding hydrogens is 430 g/mol. The van der Waals surface area contributed by atoms with Crippen LogP contribution < -0.4 is 10.0 Å². The second-order valence-corrected chi connectivity index (χ2v) is 8.35. The molecule has 1 unspecified atom stereocenters. The lowest BCUT2D eigenvalue weighted by atomic mass is 10.3. The van der Waals surface area contributed by atoms with Gasteiger partial charge in [0, 0.05) is 24.5 Å². The van der Waals surface area contributed by atoms with Crippen LogP contribution in [0.1, 0.15) is 35.2 Å². The van der Waals surface area contributed by atoms with Gasteiger partial charge < -0.3 is 15.0 Å². The number of hydrogen-bond acceptors (Lipinski definition) is 5. The molecule has 0 radical (unpaired) electrons. The highest BCUT2D eigenvalue weighted by Gasteiger charge is 2.34. The number of aromatic nitrogens is 2. The minimum atomic E-state index is -4.13. The fourth-order valence-corrected chi connectivity index (χ4v) is 4.98. The van der Waals surface area contributed by atoms with Crippen LogP contribution >= 0.6 is 11.6 Å². The fourth-order valence-electron chi connectivity index (χ4n) is 2.88. The van der Waals surface area contributed by atoms with E-state index in [9.17, 15) is 22.0 Å². The molecule has 1 atom stereocenters. The number of amides is 1. The smallest absolute Gasteiger partial charge is 0.280 e. The molecule has 0 aromatic carbocycles. The number of hydrogen-bond donors (Lipinski definition) is 3. The van der Waals surface area contributed by atoms with Crippen molar-refractivity contribution in [2.45, 2.75) is 30.8 Å². The Morgan fingerprint density at radius 3 is 2.83 bits per heavy atom. The summed E-state index contributed by atoms with van der Waals surface area (Å²) in [6, 6.07) is 1.58. The summed E-state index contributed by atoms with van der Waals surface area (Å²) in [5, 5.41) is 11.3. The number of nitrogens with one attached hydrogen (secondary N) is 2. The third kappa shape index (κ3) is 4.17. The Morgan fingerprint density at radius 1 is 1.45 bits per heavy atom. The Morgan fingerprint density at radius 2 is 2.17 bits per heavy atom. The number of fused-ring (bicyclic) bond motifs is 1. The molecule has 0 fully saturated rings. The van der Waals surface area contributed by atoms with E-state index in [2.05, 4.69) is 15.0 Å². The van der Waals surface area contributed by atoms with Crippen molar-refractivity contribution in [3.8, 4) is 0 Å². The number of aliphatic hydroxyl groups is 1. The predicted octanol–water partition coefficient (Wildman–Crippen LogP) is 2.41. The van der Waals surface area contributed by atoms with Gasteiger partial charge >= 0.3 is 0 Å². The third-order valence-corrected chi connectivity index (χ3v) is 6.28. The summed E-state index contributed by atoms with van der Waals surface area (Å²) in [4.78, 5) is 16.0. The van der Waals surface area contributed by atoms with Gasteiger partial charge in [-0.3, -0.25) is 9.78 Å². The van der Waals surface area contributed by atoms with E-state index in [4.69, 9.17) is 16.7 Å². The van der Waals surface area contributed by atoms with Crippen molar-refractivity contribution >= 4 is 39.3 Å². The van der Waals surface area contributed by atoms with Crippen molar-refractivity contribution in [2.75, 3.05) is 11.9 Å². The number of anilines is 1. The van der Waals surface area contributed by atoms with Crippen molar-refractivity contribution in [1.29, 1.82) is 0 Å². The van der Waals surface area contributed by atoms with Gasteiger partial charge in [-0.05, 0) is 25.1 Å². The maximum absolute atomic E-state index is 12.8. The van der Waals surface area contributed by atoms with Crippen LogP contribution in [0.15, 0.2) is 29.3 Å². The standard InChI is InChI=1S/C17H17ClF2N4O4S/c1-9(8-25)23-29(27,28)15-12-3-2-6-24(12)14(13(15)18)17(26)22-10-4-5-21-11(7-10)16(19)20/h2-5,7,9,16,23,25H,6,8H2,1H3,(H,21,22,26). The molecule has 29 heavy (non-hydrogen) atoms. The van der Waals surface area contributed by atoms with Gasteiger partial charge in [-0.15, -0.1) is 0 Å². The molecule has 156 valence electrons. The lowest BCUT2D eigenvalue weighted by molar-refractivity contribution is 0.101. The first kappa shape index (κ1) is 21.4. The largest absolute Gasteiger partial charge is 0.395 e. The second-order valence-electron chi connectivity index (χ2n) is 6.32. The summed E-state index contributed by atoms with van der Waals surface area (Å²) in [6.07, 6.45) is 1.48. The molecule has 0 saturated carbocycles. The Bertz CT molecular complexity index is 1090. The number of rotatable bonds is 7. The minimum Gasteiger partial charge on any atom is -0.395 e. The monoisotopic (exact) mass is 446 g/mol. The Hall–Kier alpha value is -2.34. The molecule has 3 N–H and O–H groups in total. The molecule has 0 aliphatic carbocycles. The van der Waals surface area contributed by atoms with Gasteiger partial charge in [-0.1, -0.05) is 17.7 Å². The van der Waals surface area contributed by atoms with Gasteiger partial charge in [0.2, 0.25) is 10.0 Å². The van der Waals surface area contributed by atoms with Crippen molar-refractivity contribution in [2.24, 2.45) is 0 Å². The average molecular weight is 447 g/mol. The zero-order valence-corrected chi connectivity index (χ0v) is 16.6. The summed E-state index contributed by atoms with van der Waals surface area (Å²) in [6.45, 7) is 1.25. The molecule has 2 aromatic heterocycles. The van der Waals surface area contributed by atoms with E-state index < -0.39 is 40.7 Å². The number of aliphatic hydroxyl groups excluding tert-OH is 1. The van der Waals surface area contributed by atoms with Crippen LogP contribution in [-0.4, -0.2) is 41.6 Å². The fraction of sp³-hybridized carbons (Fsp3) is 0.294. The number of sulfonamides is 1. The molecule has 0 saturated heterocycles. The number of carbonyl (C=O) groups is 1. The first-order chi connectivity index (χ1) is 13.7. The van der Waals surface area contributed by atoms with E-state index in [1.54, 1.807) is 6.08 Å². The molecule has 0 spiro atoms. The summed E-state index contributed by atoms with van der Waals surface area (Å²) in [5.74, 6) is -0.761. The lowest BCUT2D eigenvalue weighted by Crippen LogP contribution is -2.35. The first-order valence-electron chi connectivity index (χ1n) is 8.43. The molecule has 1 aliphatic heterocycles. The van der Waals surface area contributed by atoms with Crippen molar-refractivity contribution < 1.29 is 27.1 Å². The summed E-state index contributed by atoms with van der Waals surface area (Å²) >= 11 is 6.27. The molecule has 1 amide bonds. The minimum absolute atomic E-state index is 0.0642. The predicted molar refractivity (Wildman–Crippen MR) is 102 cm³/mol. The molecule has 2 aromatic rings. The molecule has 3 rings (SSSR count). The highest BCUT2D eigenvalue weighted by molar-refractivity contribution is 7.89. The number of alkyl halides is 2. The topological polar surface area (TPSA) is 113 Å². The van der Waals surface area contributed by atoms with E-state index in [0.29, 0.717) is 0 Å². The number of allylic oxidation sites excluding steroid dienone is 1. The van der Waals surface area contributed by atoms with Crippen LogP contribution in [0, 0.1) is 0 Å². The Kier molecular flexibility index (Phi) is 6.03. The van der Waals surface area contributed by atoms with Gasteiger partial charge in [0.15, 0.2) is 0 Å². The van der Waals surface area contributed by atoms with Gasteiger partial charge in [0.1, 0.15) is 16.3 Å². The summed E-state index contributed by atoms with van der Waals surface area (Å²) in [7, 11) is -4.13. The normalized spacial score (nSPS) is 14.3. The maximum Gasteiger partial charge on any atom is 0.280 e. The molecule has 0 bridgehead atoms. The molecule has 3 heterocycles. The maximum atomic E-state index is 12.8. The Balaban J connectivity index is 1.99. The number of pyridine rings is 1. The zero-order valence-electron chi connectivity index (χ0n) is 15.1. The molecule has 12 heteroatoms. The molecular formula is C17H17ClF2N4O4S. The van der Waals surface area contributed by atoms with Gasteiger partial charge in [0.05, 0.1) is 17.3 Å². The number of halogens is 3. The molecule has 1 aliphatic rings. The van der Waals surface area contributed by atoms with Crippen LogP contribution in [0.5, 0.6) is 0 Å². The van der Waals surface area contributed by atoms with Gasteiger partial charge in [-0.25, -0.2) is 21.9 Å². The van der Waals surface area contributed by atoms with E-state index in [1.165, 1.54) is 23.6 Å². The van der Waals surface area contributed by atoms with E-state index in [-0.39, 0.29) is 33.5 Å². The van der Waals surface area contributed by atoms with Crippen LogP contribution in [0.25, 0.3) is 6.08 Å². The van der Waals surface area contributed by atoms with E-state index in [1.807, 2.05) is 0 Å². The SMILES string of the molecule is CC(CO)NS(=O)(=O)c1c(Cl)c(C(=O)Nc2ccnc(C(F)F)c2)n2c1C=CC2. The van der Waals surface area contributed by atoms with Crippen molar-refractivity contribution in [3.63, 3.8) is 0 Å². The average Bonchev–Trinajstić information content (AvgIpc) is 3.20. The van der Waals surface area contributed by atoms with Crippen LogP contribution in [0.4, 0.5) is 14.5 Å². The van der Waals surface area contributed by atoms with Crippen molar-refractivity contribution in [3.05, 3.63) is 46.5 Å². The van der Waals surface area contributed by atoms with Gasteiger partial charge in [-0.2, -0.15) is 0 Å². The highest BCUT2D eigenvalue weighted by atomic mass is 35.5. The highest BCUT2D eigenvalue weighted by Crippen LogP contribution is 2.36. The number of nitrogens with zero attached hydrogens (tertiary/aromatic N) is 2.